The first-order valence-electron chi connectivity index (χ1n) is 9.90. The molecule has 0 saturated carbocycles. The maximum Gasteiger partial charge on any atom is 0.148 e. The number of nitrogens with zero attached hydrogens (tertiary/aromatic N) is 1. The molecule has 4 nitrogen and oxygen atoms in total. The van der Waals surface area contributed by atoms with Crippen LogP contribution in [0.4, 0.5) is 0 Å². The lowest BCUT2D eigenvalue weighted by Gasteiger charge is -2.44. The molecule has 146 valence electrons. The summed E-state index contributed by atoms with van der Waals surface area (Å²) in [6.45, 7) is 1.18. The van der Waals surface area contributed by atoms with Gasteiger partial charge in [-0.15, -0.1) is 6.42 Å². The van der Waals surface area contributed by atoms with Gasteiger partial charge in [-0.05, 0) is 49.4 Å². The number of ether oxygens (including phenoxy) is 2. The quantitative estimate of drug-likeness (QED) is 0.779. The fraction of sp³-hybridized carbons (Fsp3) is 0.417. The zero-order valence-electron chi connectivity index (χ0n) is 16.3. The van der Waals surface area contributed by atoms with Crippen LogP contribution in [0, 0.1) is 12.3 Å². The minimum atomic E-state index is -0.818. The van der Waals surface area contributed by atoms with E-state index in [9.17, 15) is 5.11 Å². The molecule has 2 bridgehead atoms. The summed E-state index contributed by atoms with van der Waals surface area (Å²) >= 11 is 0. The van der Waals surface area contributed by atoms with E-state index in [4.69, 9.17) is 15.9 Å². The maximum absolute atomic E-state index is 11.5. The number of hydrogen-bond donors (Lipinski definition) is 1. The normalized spacial score (nSPS) is 26.6. The van der Waals surface area contributed by atoms with Crippen LogP contribution in [0.3, 0.4) is 0 Å². The van der Waals surface area contributed by atoms with Crippen molar-refractivity contribution in [2.24, 2.45) is 0 Å². The molecule has 2 fully saturated rings. The first-order chi connectivity index (χ1) is 13.6. The molecule has 0 radical (unpaired) electrons. The first kappa shape index (κ1) is 18.9. The van der Waals surface area contributed by atoms with E-state index >= 15 is 0 Å². The van der Waals surface area contributed by atoms with Crippen LogP contribution in [0.2, 0.25) is 0 Å². The predicted molar refractivity (Wildman–Crippen MR) is 109 cm³/mol. The molecule has 1 N–H and O–H groups in total. The van der Waals surface area contributed by atoms with Gasteiger partial charge in [-0.3, -0.25) is 4.90 Å². The molecule has 0 aliphatic carbocycles. The van der Waals surface area contributed by atoms with Gasteiger partial charge >= 0.3 is 0 Å². The van der Waals surface area contributed by atoms with E-state index < -0.39 is 5.60 Å². The summed E-state index contributed by atoms with van der Waals surface area (Å²) in [4.78, 5) is 2.56. The molecule has 2 aromatic carbocycles. The van der Waals surface area contributed by atoms with E-state index in [1.807, 2.05) is 36.4 Å². The Hall–Kier alpha value is -2.48. The minimum absolute atomic E-state index is 0.289. The summed E-state index contributed by atoms with van der Waals surface area (Å²) in [5.74, 6) is 4.06. The molecule has 4 rings (SSSR count). The van der Waals surface area contributed by atoms with Crippen LogP contribution in [-0.4, -0.2) is 35.8 Å². The number of rotatable bonds is 6. The largest absolute Gasteiger partial charge is 0.496 e. The highest BCUT2D eigenvalue weighted by Crippen LogP contribution is 2.48. The van der Waals surface area contributed by atoms with Gasteiger partial charge in [0.05, 0.1) is 12.7 Å². The van der Waals surface area contributed by atoms with E-state index in [-0.39, 0.29) is 6.61 Å². The lowest BCUT2D eigenvalue weighted by atomic mass is 9.80. The first-order valence-corrected chi connectivity index (χ1v) is 9.90. The second-order valence-electron chi connectivity index (χ2n) is 7.83. The SMILES string of the molecule is C#CCOc1ccc(CN2[C@@H]3CC[C@H]2CC(O)(c2ccccc2OC)C3)cc1. The Labute approximate surface area is 167 Å². The van der Waals surface area contributed by atoms with E-state index in [0.29, 0.717) is 12.1 Å². The zero-order chi connectivity index (χ0) is 19.6. The summed E-state index contributed by atoms with van der Waals surface area (Å²) in [6.07, 6.45) is 8.99. The van der Waals surface area contributed by atoms with Crippen molar-refractivity contribution in [3.8, 4) is 23.8 Å². The van der Waals surface area contributed by atoms with Crippen LogP contribution in [0.15, 0.2) is 48.5 Å². The van der Waals surface area contributed by atoms with E-state index in [1.165, 1.54) is 5.56 Å². The van der Waals surface area contributed by atoms with Crippen LogP contribution in [0.25, 0.3) is 0 Å². The molecule has 28 heavy (non-hydrogen) atoms. The van der Waals surface area contributed by atoms with Crippen molar-refractivity contribution in [2.75, 3.05) is 13.7 Å². The highest BCUT2D eigenvalue weighted by Gasteiger charge is 2.48. The van der Waals surface area contributed by atoms with Gasteiger partial charge < -0.3 is 14.6 Å². The van der Waals surface area contributed by atoms with Gasteiger partial charge in [0.1, 0.15) is 18.1 Å². The second-order valence-corrected chi connectivity index (χ2v) is 7.83. The molecule has 1 unspecified atom stereocenters. The molecule has 2 heterocycles. The van der Waals surface area contributed by atoms with Gasteiger partial charge in [-0.1, -0.05) is 36.3 Å². The summed E-state index contributed by atoms with van der Waals surface area (Å²) < 4.78 is 11.0. The van der Waals surface area contributed by atoms with E-state index in [1.54, 1.807) is 7.11 Å². The van der Waals surface area contributed by atoms with Gasteiger partial charge in [-0.2, -0.15) is 0 Å². The van der Waals surface area contributed by atoms with Crippen molar-refractivity contribution in [1.29, 1.82) is 0 Å². The van der Waals surface area contributed by atoms with Crippen LogP contribution in [0.5, 0.6) is 11.5 Å². The summed E-state index contributed by atoms with van der Waals surface area (Å²) in [5, 5.41) is 11.5. The predicted octanol–water partition coefficient (Wildman–Crippen LogP) is 3.72. The van der Waals surface area contributed by atoms with Crippen molar-refractivity contribution >= 4 is 0 Å². The highest BCUT2D eigenvalue weighted by molar-refractivity contribution is 5.39. The van der Waals surface area contributed by atoms with E-state index in [2.05, 4.69) is 23.0 Å². The van der Waals surface area contributed by atoms with Gasteiger partial charge in [-0.25, -0.2) is 0 Å². The molecule has 2 aromatic rings. The lowest BCUT2D eigenvalue weighted by Crippen LogP contribution is -2.49. The van der Waals surface area contributed by atoms with Crippen LogP contribution in [0.1, 0.15) is 36.8 Å². The number of hydrogen-bond acceptors (Lipinski definition) is 4. The third-order valence-electron chi connectivity index (χ3n) is 6.14. The third kappa shape index (κ3) is 3.61. The molecular weight excluding hydrogens is 350 g/mol. The Kier molecular flexibility index (Phi) is 5.30. The lowest BCUT2D eigenvalue weighted by molar-refractivity contribution is -0.0606. The second kappa shape index (κ2) is 7.87. The van der Waals surface area contributed by atoms with Crippen molar-refractivity contribution in [3.05, 3.63) is 59.7 Å². The molecule has 3 atom stereocenters. The average molecular weight is 377 g/mol. The number of aliphatic hydroxyl groups is 1. The van der Waals surface area contributed by atoms with Crippen molar-refractivity contribution in [1.82, 2.24) is 4.90 Å². The Morgan fingerprint density at radius 1 is 1.11 bits per heavy atom. The van der Waals surface area contributed by atoms with Crippen LogP contribution >= 0.6 is 0 Å². The van der Waals surface area contributed by atoms with Gasteiger partial charge in [0, 0.05) is 24.2 Å². The van der Waals surface area contributed by atoms with Crippen molar-refractivity contribution in [2.45, 2.75) is 49.9 Å². The number of terminal acetylenes is 1. The number of methoxy groups -OCH3 is 1. The zero-order valence-corrected chi connectivity index (χ0v) is 16.3. The Bertz CT molecular complexity index is 841. The van der Waals surface area contributed by atoms with E-state index in [0.717, 1.165) is 49.3 Å². The van der Waals surface area contributed by atoms with Crippen LogP contribution < -0.4 is 9.47 Å². The van der Waals surface area contributed by atoms with Gasteiger partial charge in [0.25, 0.3) is 0 Å². The molecule has 4 heteroatoms. The third-order valence-corrected chi connectivity index (χ3v) is 6.14. The number of piperidine rings is 1. The summed E-state index contributed by atoms with van der Waals surface area (Å²) in [5.41, 5.74) is 1.36. The maximum atomic E-state index is 11.5. The fourth-order valence-corrected chi connectivity index (χ4v) is 4.85. The molecule has 2 aliphatic heterocycles. The Morgan fingerprint density at radius 2 is 1.79 bits per heavy atom. The number of fused-ring (bicyclic) bond motifs is 2. The van der Waals surface area contributed by atoms with Gasteiger partial charge in [0.2, 0.25) is 0 Å². The van der Waals surface area contributed by atoms with Gasteiger partial charge in [0.15, 0.2) is 0 Å². The van der Waals surface area contributed by atoms with Crippen molar-refractivity contribution in [3.63, 3.8) is 0 Å². The average Bonchev–Trinajstić information content (AvgIpc) is 2.96. The molecule has 2 saturated heterocycles. The van der Waals surface area contributed by atoms with Crippen LogP contribution in [-0.2, 0) is 12.1 Å². The topological polar surface area (TPSA) is 41.9 Å². The standard InChI is InChI=1S/C24H27NO3/c1-3-14-28-21-12-8-18(9-13-21)17-25-19-10-11-20(25)16-24(26,15-19)22-6-4-5-7-23(22)27-2/h1,4-9,12-13,19-20,26H,10-11,14-17H2,2H3/t19-,20+,24?. The smallest absolute Gasteiger partial charge is 0.148 e. The summed E-state index contributed by atoms with van der Waals surface area (Å²) in [6, 6.07) is 16.8. The fourth-order valence-electron chi connectivity index (χ4n) is 4.85. The minimum Gasteiger partial charge on any atom is -0.496 e. The molecule has 2 aliphatic rings. The molecule has 0 spiro atoms. The molecule has 0 amide bonds. The molecular formula is C24H27NO3. The monoisotopic (exact) mass is 377 g/mol. The number of para-hydroxylation sites is 1. The highest BCUT2D eigenvalue weighted by atomic mass is 16.5. The summed E-state index contributed by atoms with van der Waals surface area (Å²) in [7, 11) is 1.67. The Morgan fingerprint density at radius 3 is 2.43 bits per heavy atom. The van der Waals surface area contributed by atoms with Crippen molar-refractivity contribution < 1.29 is 14.6 Å². The molecule has 0 aromatic heterocycles. The number of benzene rings is 2. The Balaban J connectivity index is 1.48.